The highest BCUT2D eigenvalue weighted by molar-refractivity contribution is 5.32. The fourth-order valence-electron chi connectivity index (χ4n) is 4.55. The number of rotatable bonds is 10. The van der Waals surface area contributed by atoms with Crippen molar-refractivity contribution in [3.8, 4) is 5.75 Å². The molecule has 3 aromatic rings. The van der Waals surface area contributed by atoms with Crippen molar-refractivity contribution in [2.75, 3.05) is 45.9 Å². The Labute approximate surface area is 203 Å². The summed E-state index contributed by atoms with van der Waals surface area (Å²) < 4.78 is 59.0. The number of ether oxygens (including phenoxy) is 1. The molecule has 1 aliphatic heterocycles. The van der Waals surface area contributed by atoms with Gasteiger partial charge in [0.25, 0.3) is 0 Å². The zero-order valence-electron chi connectivity index (χ0n) is 19.6. The summed E-state index contributed by atoms with van der Waals surface area (Å²) in [4.78, 5) is 4.70. The van der Waals surface area contributed by atoms with Gasteiger partial charge in [0.15, 0.2) is 11.6 Å². The second-order valence-corrected chi connectivity index (χ2v) is 8.90. The van der Waals surface area contributed by atoms with E-state index in [0.717, 1.165) is 62.8 Å². The minimum atomic E-state index is -0.686. The molecule has 186 valence electrons. The van der Waals surface area contributed by atoms with Crippen LogP contribution in [0.3, 0.4) is 0 Å². The van der Waals surface area contributed by atoms with E-state index in [4.69, 9.17) is 4.74 Å². The molecule has 0 aliphatic carbocycles. The van der Waals surface area contributed by atoms with Crippen LogP contribution in [0.5, 0.6) is 5.75 Å². The van der Waals surface area contributed by atoms with Crippen LogP contribution in [0.2, 0.25) is 0 Å². The van der Waals surface area contributed by atoms with Gasteiger partial charge in [-0.15, -0.1) is 0 Å². The lowest BCUT2D eigenvalue weighted by Crippen LogP contribution is -2.47. The van der Waals surface area contributed by atoms with Gasteiger partial charge in [-0.05, 0) is 66.9 Å². The molecule has 3 nitrogen and oxygen atoms in total. The normalized spacial score (nSPS) is 15.0. The summed E-state index contributed by atoms with van der Waals surface area (Å²) in [6.07, 6.45) is 1.85. The zero-order chi connectivity index (χ0) is 24.6. The van der Waals surface area contributed by atoms with Crippen molar-refractivity contribution in [3.63, 3.8) is 0 Å². The van der Waals surface area contributed by atoms with Gasteiger partial charge in [0.2, 0.25) is 0 Å². The average molecular weight is 487 g/mol. The Bertz CT molecular complexity index is 1020. The van der Waals surface area contributed by atoms with Crippen LogP contribution in [0.25, 0.3) is 0 Å². The summed E-state index contributed by atoms with van der Waals surface area (Å²) in [7, 11) is 0. The first-order chi connectivity index (χ1) is 17.0. The van der Waals surface area contributed by atoms with Gasteiger partial charge in [-0.25, -0.2) is 17.6 Å². The third-order valence-corrected chi connectivity index (χ3v) is 6.54. The molecular weight excluding hydrogens is 456 g/mol. The fraction of sp³-hybridized carbons (Fsp3) is 0.357. The molecule has 3 aromatic carbocycles. The summed E-state index contributed by atoms with van der Waals surface area (Å²) in [6, 6.07) is 16.4. The number of benzene rings is 3. The van der Waals surface area contributed by atoms with Crippen LogP contribution in [-0.4, -0.2) is 55.7 Å². The number of piperazine rings is 1. The molecule has 0 amide bonds. The molecule has 0 bridgehead atoms. The second kappa shape index (κ2) is 12.2. The molecule has 0 unspecified atom stereocenters. The monoisotopic (exact) mass is 486 g/mol. The molecule has 4 rings (SSSR count). The van der Waals surface area contributed by atoms with Crippen molar-refractivity contribution in [1.82, 2.24) is 9.80 Å². The predicted molar refractivity (Wildman–Crippen MR) is 129 cm³/mol. The highest BCUT2D eigenvalue weighted by Crippen LogP contribution is 2.30. The quantitative estimate of drug-likeness (QED) is 0.334. The van der Waals surface area contributed by atoms with E-state index in [1.807, 2.05) is 24.3 Å². The van der Waals surface area contributed by atoms with Gasteiger partial charge < -0.3 is 9.64 Å². The first kappa shape index (κ1) is 25.2. The third kappa shape index (κ3) is 7.29. The third-order valence-electron chi connectivity index (χ3n) is 6.54. The van der Waals surface area contributed by atoms with E-state index < -0.39 is 11.6 Å². The van der Waals surface area contributed by atoms with Crippen LogP contribution in [-0.2, 0) is 0 Å². The maximum atomic E-state index is 13.7. The number of hydrogen-bond acceptors (Lipinski definition) is 3. The van der Waals surface area contributed by atoms with Crippen molar-refractivity contribution in [3.05, 3.63) is 101 Å². The summed E-state index contributed by atoms with van der Waals surface area (Å²) in [5.74, 6) is -1.68. The first-order valence-corrected chi connectivity index (χ1v) is 12.0. The lowest BCUT2D eigenvalue weighted by Gasteiger charge is -2.34. The smallest absolute Gasteiger partial charge is 0.167 e. The van der Waals surface area contributed by atoms with Gasteiger partial charge >= 0.3 is 0 Å². The van der Waals surface area contributed by atoms with Gasteiger partial charge in [0, 0.05) is 44.7 Å². The van der Waals surface area contributed by atoms with E-state index >= 15 is 0 Å². The van der Waals surface area contributed by atoms with Crippen LogP contribution in [0.4, 0.5) is 17.6 Å². The molecule has 1 heterocycles. The van der Waals surface area contributed by atoms with E-state index in [1.165, 1.54) is 36.4 Å². The van der Waals surface area contributed by atoms with Gasteiger partial charge in [-0.1, -0.05) is 24.3 Å². The highest BCUT2D eigenvalue weighted by Gasteiger charge is 2.19. The molecule has 0 N–H and O–H groups in total. The van der Waals surface area contributed by atoms with E-state index in [-0.39, 0.29) is 23.3 Å². The average Bonchev–Trinajstić information content (AvgIpc) is 2.86. The van der Waals surface area contributed by atoms with Crippen molar-refractivity contribution in [1.29, 1.82) is 0 Å². The molecule has 1 fully saturated rings. The van der Waals surface area contributed by atoms with Crippen molar-refractivity contribution < 1.29 is 22.3 Å². The van der Waals surface area contributed by atoms with Crippen LogP contribution >= 0.6 is 0 Å². The SMILES string of the molecule is Fc1ccc(C(CCCN2CCN(CCOc3ccc(F)cc3F)CC2)c2ccc(F)cc2)cc1. The molecular formula is C28H30F4N2O. The Hall–Kier alpha value is -2.90. The fourth-order valence-corrected chi connectivity index (χ4v) is 4.55. The van der Waals surface area contributed by atoms with Crippen LogP contribution in [0, 0.1) is 23.3 Å². The summed E-state index contributed by atoms with van der Waals surface area (Å²) in [6.45, 7) is 5.64. The van der Waals surface area contributed by atoms with Crippen LogP contribution in [0.1, 0.15) is 29.9 Å². The molecule has 0 saturated carbocycles. The molecule has 0 atom stereocenters. The zero-order valence-corrected chi connectivity index (χ0v) is 19.6. The Morgan fingerprint density at radius 1 is 0.657 bits per heavy atom. The van der Waals surface area contributed by atoms with Gasteiger partial charge in [-0.3, -0.25) is 4.90 Å². The van der Waals surface area contributed by atoms with Gasteiger partial charge in [0.1, 0.15) is 24.1 Å². The van der Waals surface area contributed by atoms with Gasteiger partial charge in [-0.2, -0.15) is 0 Å². The maximum Gasteiger partial charge on any atom is 0.167 e. The molecule has 0 aromatic heterocycles. The Kier molecular flexibility index (Phi) is 8.77. The predicted octanol–water partition coefficient (Wildman–Crippen LogP) is 5.85. The summed E-state index contributed by atoms with van der Waals surface area (Å²) in [5.41, 5.74) is 2.06. The molecule has 0 radical (unpaired) electrons. The topological polar surface area (TPSA) is 15.7 Å². The highest BCUT2D eigenvalue weighted by atomic mass is 19.1. The second-order valence-electron chi connectivity index (χ2n) is 8.90. The van der Waals surface area contributed by atoms with Crippen molar-refractivity contribution >= 4 is 0 Å². The molecule has 0 spiro atoms. The van der Waals surface area contributed by atoms with Crippen LogP contribution < -0.4 is 4.74 Å². The lowest BCUT2D eigenvalue weighted by molar-refractivity contribution is 0.114. The Morgan fingerprint density at radius 3 is 1.71 bits per heavy atom. The standard InChI is InChI=1S/C28H30F4N2O/c29-23-7-3-21(4-8-23)26(22-5-9-24(30)10-6-22)2-1-13-33-14-16-34(17-15-33)18-19-35-28-12-11-25(31)20-27(28)32/h3-12,20,26H,1-2,13-19H2. The first-order valence-electron chi connectivity index (χ1n) is 12.0. The lowest BCUT2D eigenvalue weighted by atomic mass is 9.87. The Balaban J connectivity index is 1.22. The molecule has 1 aliphatic rings. The summed E-state index contributed by atoms with van der Waals surface area (Å²) in [5, 5.41) is 0. The number of hydrogen-bond donors (Lipinski definition) is 0. The van der Waals surface area contributed by atoms with Crippen LogP contribution in [0.15, 0.2) is 66.7 Å². The number of halogens is 4. The minimum Gasteiger partial charge on any atom is -0.489 e. The molecule has 1 saturated heterocycles. The van der Waals surface area contributed by atoms with Crippen molar-refractivity contribution in [2.45, 2.75) is 18.8 Å². The largest absolute Gasteiger partial charge is 0.489 e. The van der Waals surface area contributed by atoms with E-state index in [1.54, 1.807) is 0 Å². The Morgan fingerprint density at radius 2 is 1.17 bits per heavy atom. The maximum absolute atomic E-state index is 13.7. The van der Waals surface area contributed by atoms with E-state index in [0.29, 0.717) is 13.2 Å². The van der Waals surface area contributed by atoms with E-state index in [9.17, 15) is 17.6 Å². The number of nitrogens with zero attached hydrogens (tertiary/aromatic N) is 2. The van der Waals surface area contributed by atoms with E-state index in [2.05, 4.69) is 9.80 Å². The van der Waals surface area contributed by atoms with Crippen molar-refractivity contribution in [2.24, 2.45) is 0 Å². The summed E-state index contributed by atoms with van der Waals surface area (Å²) >= 11 is 0. The molecule has 35 heavy (non-hydrogen) atoms. The minimum absolute atomic E-state index is 0.0712. The van der Waals surface area contributed by atoms with Gasteiger partial charge in [0.05, 0.1) is 0 Å². The molecule has 7 heteroatoms.